The number of Topliss-reactive ketones (excluding diaryl/α,β-unsaturated/α-hetero) is 1. The Morgan fingerprint density at radius 1 is 1.04 bits per heavy atom. The molecule has 8 heteroatoms. The van der Waals surface area contributed by atoms with Crippen molar-refractivity contribution in [1.82, 2.24) is 0 Å². The Kier molecular flexibility index (Phi) is 10.0. The zero-order chi connectivity index (χ0) is 19.5. The quantitative estimate of drug-likeness (QED) is 0.260. The Morgan fingerprint density at radius 2 is 1.62 bits per heavy atom. The molecule has 0 N–H and O–H groups in total. The summed E-state index contributed by atoms with van der Waals surface area (Å²) in [6, 6.07) is 3.73. The number of carbonyl (C=O) groups is 3. The van der Waals surface area contributed by atoms with Gasteiger partial charge in [0.15, 0.2) is 12.4 Å². The number of hydrogen-bond acceptors (Lipinski definition) is 7. The van der Waals surface area contributed by atoms with Gasteiger partial charge in [0.2, 0.25) is 5.78 Å². The molecule has 1 aromatic heterocycles. The number of ketones is 1. The van der Waals surface area contributed by atoms with Crippen LogP contribution in [0.3, 0.4) is 0 Å². The highest BCUT2D eigenvalue weighted by molar-refractivity contribution is 8.22. The lowest BCUT2D eigenvalue weighted by Crippen LogP contribution is -2.37. The van der Waals surface area contributed by atoms with Crippen molar-refractivity contribution >= 4 is 46.9 Å². The number of thioether (sulfide) groups is 2. The topological polar surface area (TPSA) is 73.5 Å². The maximum atomic E-state index is 12.8. The molecule has 0 aliphatic rings. The van der Waals surface area contributed by atoms with E-state index in [2.05, 4.69) is 0 Å². The molecule has 0 fully saturated rings. The third-order valence-electron chi connectivity index (χ3n) is 3.13. The summed E-state index contributed by atoms with van der Waals surface area (Å²) in [5, 5.41) is 0. The van der Waals surface area contributed by atoms with Gasteiger partial charge in [0, 0.05) is 12.1 Å². The van der Waals surface area contributed by atoms with Crippen LogP contribution in [-0.4, -0.2) is 42.9 Å². The lowest BCUT2D eigenvalue weighted by atomic mass is 10.2. The second kappa shape index (κ2) is 11.7. The Labute approximate surface area is 162 Å². The van der Waals surface area contributed by atoms with Gasteiger partial charge in [0.25, 0.3) is 5.70 Å². The number of hydrogen-bond donors (Lipinski definition) is 0. The molecule has 0 saturated carbocycles. The van der Waals surface area contributed by atoms with Gasteiger partial charge in [-0.05, 0) is 32.6 Å². The van der Waals surface area contributed by atoms with Crippen molar-refractivity contribution in [3.8, 4) is 0 Å². The lowest BCUT2D eigenvalue weighted by molar-refractivity contribution is -0.577. The highest BCUT2D eigenvalue weighted by atomic mass is 32.2. The molecule has 0 saturated heterocycles. The van der Waals surface area contributed by atoms with Gasteiger partial charge in [0.1, 0.15) is 10.7 Å². The Balaban J connectivity index is 3.18. The van der Waals surface area contributed by atoms with Crippen LogP contribution in [0.5, 0.6) is 0 Å². The van der Waals surface area contributed by atoms with E-state index >= 15 is 0 Å². The van der Waals surface area contributed by atoms with E-state index in [0.717, 1.165) is 5.56 Å². The normalized spacial score (nSPS) is 11.5. The first-order valence-electron chi connectivity index (χ1n) is 8.16. The number of rotatable bonds is 10. The van der Waals surface area contributed by atoms with E-state index in [4.69, 9.17) is 9.47 Å². The molecule has 0 spiro atoms. The first kappa shape index (κ1) is 22.2. The standard InChI is InChI=1S/C18H24NO5S2/c1-5-23-15(21)11-14(20)17(19-9-7-13(3)8-10-19)18(25-4)26-12-16(22)24-6-2/h7-10H,5-6,11-12H2,1-4H3/q+1/b18-17-. The highest BCUT2D eigenvalue weighted by Gasteiger charge is 2.28. The Morgan fingerprint density at radius 3 is 2.15 bits per heavy atom. The predicted octanol–water partition coefficient (Wildman–Crippen LogP) is 2.59. The number of nitrogens with zero attached hydrogens (tertiary/aromatic N) is 1. The van der Waals surface area contributed by atoms with Gasteiger partial charge in [-0.25, -0.2) is 0 Å². The molecule has 1 heterocycles. The molecule has 0 atom stereocenters. The molecular weight excluding hydrogens is 374 g/mol. The Bertz CT molecular complexity index is 671. The third kappa shape index (κ3) is 7.21. The minimum absolute atomic E-state index is 0.0899. The van der Waals surface area contributed by atoms with Crippen LogP contribution >= 0.6 is 23.5 Å². The average Bonchev–Trinajstić information content (AvgIpc) is 2.60. The van der Waals surface area contributed by atoms with Crippen molar-refractivity contribution in [1.29, 1.82) is 0 Å². The van der Waals surface area contributed by atoms with Crippen molar-refractivity contribution in [2.45, 2.75) is 27.2 Å². The number of aromatic nitrogens is 1. The summed E-state index contributed by atoms with van der Waals surface area (Å²) in [6.45, 7) is 5.90. The molecule has 0 aliphatic heterocycles. The number of allylic oxidation sites excluding steroid dienone is 1. The summed E-state index contributed by atoms with van der Waals surface area (Å²) in [5.74, 6) is -1.20. The molecule has 0 unspecified atom stereocenters. The van der Waals surface area contributed by atoms with Crippen molar-refractivity contribution in [3.05, 3.63) is 34.3 Å². The van der Waals surface area contributed by atoms with Crippen LogP contribution in [0.4, 0.5) is 0 Å². The molecule has 0 aliphatic carbocycles. The fourth-order valence-electron chi connectivity index (χ4n) is 1.99. The molecule has 1 aromatic rings. The van der Waals surface area contributed by atoms with Crippen LogP contribution in [0.25, 0.3) is 5.70 Å². The number of aryl methyl sites for hydroxylation is 1. The van der Waals surface area contributed by atoms with Crippen molar-refractivity contribution in [2.75, 3.05) is 25.2 Å². The van der Waals surface area contributed by atoms with Crippen LogP contribution < -0.4 is 4.57 Å². The summed E-state index contributed by atoms with van der Waals surface area (Å²) in [7, 11) is 0. The largest absolute Gasteiger partial charge is 0.466 e. The smallest absolute Gasteiger partial charge is 0.316 e. The summed E-state index contributed by atoms with van der Waals surface area (Å²) in [6.07, 6.45) is 4.98. The molecular formula is C18H24NO5S2+. The molecule has 0 aromatic carbocycles. The maximum absolute atomic E-state index is 12.8. The van der Waals surface area contributed by atoms with Gasteiger partial charge in [-0.1, -0.05) is 0 Å². The van der Waals surface area contributed by atoms with Gasteiger partial charge >= 0.3 is 11.9 Å². The monoisotopic (exact) mass is 398 g/mol. The SMILES string of the molecule is CCOC(=O)CS/C(SC)=C(/C(=O)CC(=O)OCC)[n+]1ccc(C)cc1. The van der Waals surface area contributed by atoms with E-state index in [1.807, 2.05) is 25.3 Å². The Hall–Kier alpha value is -1.80. The van der Waals surface area contributed by atoms with Crippen LogP contribution in [0.1, 0.15) is 25.8 Å². The van der Waals surface area contributed by atoms with Crippen LogP contribution in [0, 0.1) is 6.92 Å². The fourth-order valence-corrected chi connectivity index (χ4v) is 3.74. The third-order valence-corrected chi connectivity index (χ3v) is 5.39. The van der Waals surface area contributed by atoms with Gasteiger partial charge in [-0.2, -0.15) is 4.57 Å². The van der Waals surface area contributed by atoms with Gasteiger partial charge in [0.05, 0.1) is 19.0 Å². The fraction of sp³-hybridized carbons (Fsp3) is 0.444. The maximum Gasteiger partial charge on any atom is 0.316 e. The van der Waals surface area contributed by atoms with Crippen molar-refractivity contribution in [2.24, 2.45) is 0 Å². The minimum Gasteiger partial charge on any atom is -0.466 e. The average molecular weight is 399 g/mol. The second-order valence-corrected chi connectivity index (χ2v) is 7.18. The van der Waals surface area contributed by atoms with E-state index in [1.165, 1.54) is 23.5 Å². The number of ether oxygens (including phenoxy) is 2. The minimum atomic E-state index is -0.571. The first-order valence-corrected chi connectivity index (χ1v) is 10.4. The summed E-state index contributed by atoms with van der Waals surface area (Å²) >= 11 is 2.57. The molecule has 26 heavy (non-hydrogen) atoms. The predicted molar refractivity (Wildman–Crippen MR) is 103 cm³/mol. The van der Waals surface area contributed by atoms with E-state index in [-0.39, 0.29) is 30.5 Å². The van der Waals surface area contributed by atoms with E-state index in [1.54, 1.807) is 30.8 Å². The van der Waals surface area contributed by atoms with Crippen molar-refractivity contribution < 1.29 is 28.4 Å². The molecule has 6 nitrogen and oxygen atoms in total. The first-order chi connectivity index (χ1) is 12.4. The number of carbonyl (C=O) groups excluding carboxylic acids is 3. The van der Waals surface area contributed by atoms with Crippen LogP contribution in [0.2, 0.25) is 0 Å². The summed E-state index contributed by atoms with van der Waals surface area (Å²) in [5.41, 5.74) is 1.39. The van der Waals surface area contributed by atoms with Gasteiger partial charge < -0.3 is 9.47 Å². The molecule has 0 amide bonds. The lowest BCUT2D eigenvalue weighted by Gasteiger charge is -2.08. The van der Waals surface area contributed by atoms with E-state index < -0.39 is 5.97 Å². The molecule has 1 rings (SSSR count). The van der Waals surface area contributed by atoms with Crippen molar-refractivity contribution in [3.63, 3.8) is 0 Å². The van der Waals surface area contributed by atoms with E-state index in [9.17, 15) is 14.4 Å². The van der Waals surface area contributed by atoms with Gasteiger partial charge in [-0.15, -0.1) is 23.5 Å². The number of pyridine rings is 1. The van der Waals surface area contributed by atoms with Crippen LogP contribution in [-0.2, 0) is 23.9 Å². The molecule has 0 radical (unpaired) electrons. The highest BCUT2D eigenvalue weighted by Crippen LogP contribution is 2.31. The van der Waals surface area contributed by atoms with E-state index in [0.29, 0.717) is 16.5 Å². The van der Waals surface area contributed by atoms with Gasteiger partial charge in [-0.3, -0.25) is 14.4 Å². The number of esters is 2. The molecule has 142 valence electrons. The second-order valence-electron chi connectivity index (χ2n) is 5.12. The molecule has 0 bridgehead atoms. The zero-order valence-electron chi connectivity index (χ0n) is 15.4. The van der Waals surface area contributed by atoms with Crippen LogP contribution in [0.15, 0.2) is 28.8 Å². The zero-order valence-corrected chi connectivity index (χ0v) is 17.1. The summed E-state index contributed by atoms with van der Waals surface area (Å²) < 4.78 is 12.1. The summed E-state index contributed by atoms with van der Waals surface area (Å²) in [4.78, 5) is 36.2.